The molecule has 2 aromatic rings. The molecular formula is C18H17N3O3S. The van der Waals surface area contributed by atoms with Crippen LogP contribution in [0.25, 0.3) is 11.5 Å². The van der Waals surface area contributed by atoms with E-state index in [1.165, 1.54) is 6.07 Å². The third-order valence-corrected chi connectivity index (χ3v) is 3.82. The zero-order valence-electron chi connectivity index (χ0n) is 13.6. The van der Waals surface area contributed by atoms with Gasteiger partial charge in [0, 0.05) is 30.3 Å². The Bertz CT molecular complexity index is 848. The van der Waals surface area contributed by atoms with Crippen molar-refractivity contribution in [3.05, 3.63) is 82.7 Å². The zero-order chi connectivity index (χ0) is 18.4. The number of rotatable bonds is 6. The van der Waals surface area contributed by atoms with Gasteiger partial charge in [0.2, 0.25) is 5.70 Å². The van der Waals surface area contributed by atoms with E-state index in [4.69, 9.17) is 12.2 Å². The summed E-state index contributed by atoms with van der Waals surface area (Å²) >= 11 is 5.34. The Kier molecular flexibility index (Phi) is 5.97. The first-order valence-corrected chi connectivity index (χ1v) is 7.89. The highest BCUT2D eigenvalue weighted by atomic mass is 32.1. The average Bonchev–Trinajstić information content (AvgIpc) is 2.61. The molecule has 0 bridgehead atoms. The highest BCUT2D eigenvalue weighted by Gasteiger charge is 2.19. The summed E-state index contributed by atoms with van der Waals surface area (Å²) in [6, 6.07) is 9.73. The average molecular weight is 355 g/mol. The minimum atomic E-state index is -0.504. The van der Waals surface area contributed by atoms with Crippen LogP contribution in [-0.4, -0.2) is 16.5 Å². The first-order chi connectivity index (χ1) is 12.0. The van der Waals surface area contributed by atoms with E-state index >= 15 is 0 Å². The number of benzene rings is 1. The van der Waals surface area contributed by atoms with E-state index < -0.39 is 10.7 Å². The fraction of sp³-hybridized carbons (Fsp3) is 0.111. The van der Waals surface area contributed by atoms with Crippen LogP contribution in [0.4, 0.5) is 5.69 Å². The number of nitro groups is 1. The molecule has 0 aliphatic rings. The fourth-order valence-electron chi connectivity index (χ4n) is 2.22. The molecule has 0 fully saturated rings. The molecule has 0 atom stereocenters. The number of hydrogen-bond donors (Lipinski definition) is 1. The molecule has 1 N–H and O–H groups in total. The predicted octanol–water partition coefficient (Wildman–Crippen LogP) is 1.98. The largest absolute Gasteiger partial charge is 0.867 e. The molecule has 0 aliphatic carbocycles. The summed E-state index contributed by atoms with van der Waals surface area (Å²) < 4.78 is 1.59. The lowest BCUT2D eigenvalue weighted by atomic mass is 10.1. The molecule has 1 aromatic carbocycles. The van der Waals surface area contributed by atoms with Gasteiger partial charge < -0.3 is 10.4 Å². The molecule has 2 rings (SSSR count). The van der Waals surface area contributed by atoms with Crippen molar-refractivity contribution in [1.29, 1.82) is 0 Å². The molecule has 128 valence electrons. The van der Waals surface area contributed by atoms with E-state index in [-0.39, 0.29) is 21.9 Å². The van der Waals surface area contributed by atoms with E-state index in [1.54, 1.807) is 54.2 Å². The number of thiocarbonyl (C=S) groups is 1. The van der Waals surface area contributed by atoms with Crippen molar-refractivity contribution < 1.29 is 14.6 Å². The third-order valence-electron chi connectivity index (χ3n) is 3.48. The number of nitro benzene ring substituents is 1. The van der Waals surface area contributed by atoms with Gasteiger partial charge in [-0.25, -0.2) is 0 Å². The molecular weight excluding hydrogens is 338 g/mol. The fourth-order valence-corrected chi connectivity index (χ4v) is 2.50. The Balaban J connectivity index is 2.61. The second kappa shape index (κ2) is 8.16. The number of nitrogens with one attached hydrogen (secondary N) is 1. The van der Waals surface area contributed by atoms with E-state index in [9.17, 15) is 15.2 Å². The monoisotopic (exact) mass is 355 g/mol. The van der Waals surface area contributed by atoms with Crippen LogP contribution in [0.3, 0.4) is 0 Å². The molecule has 25 heavy (non-hydrogen) atoms. The second-order valence-electron chi connectivity index (χ2n) is 5.22. The van der Waals surface area contributed by atoms with Crippen molar-refractivity contribution in [2.75, 3.05) is 6.54 Å². The van der Waals surface area contributed by atoms with Gasteiger partial charge in [-0.05, 0) is 18.2 Å². The molecule has 0 amide bonds. The van der Waals surface area contributed by atoms with Gasteiger partial charge in [0.25, 0.3) is 5.69 Å². The number of pyridine rings is 1. The smallest absolute Gasteiger partial charge is 0.272 e. The van der Waals surface area contributed by atoms with Crippen molar-refractivity contribution in [3.63, 3.8) is 0 Å². The van der Waals surface area contributed by atoms with E-state index in [0.717, 1.165) is 0 Å². The molecule has 0 saturated heterocycles. The summed E-state index contributed by atoms with van der Waals surface area (Å²) in [6.07, 6.45) is 5.01. The van der Waals surface area contributed by atoms with E-state index in [1.807, 2.05) is 6.07 Å². The molecule has 7 heteroatoms. The lowest BCUT2D eigenvalue weighted by Crippen LogP contribution is -2.42. The quantitative estimate of drug-likeness (QED) is 0.163. The number of nitrogens with zero attached hydrogens (tertiary/aromatic N) is 2. The lowest BCUT2D eigenvalue weighted by Gasteiger charge is -2.16. The Morgan fingerprint density at radius 3 is 2.64 bits per heavy atom. The van der Waals surface area contributed by atoms with Gasteiger partial charge in [-0.1, -0.05) is 36.5 Å². The van der Waals surface area contributed by atoms with Crippen LogP contribution in [0.15, 0.2) is 61.4 Å². The summed E-state index contributed by atoms with van der Waals surface area (Å²) in [5, 5.41) is 27.1. The van der Waals surface area contributed by atoms with Crippen molar-refractivity contribution in [2.24, 2.45) is 0 Å². The second-order valence-corrected chi connectivity index (χ2v) is 5.63. The topological polar surface area (TPSA) is 82.1 Å². The lowest BCUT2D eigenvalue weighted by molar-refractivity contribution is -0.577. The van der Waals surface area contributed by atoms with Crippen molar-refractivity contribution in [3.8, 4) is 0 Å². The SMILES string of the molecule is C=CCNC(=S)/C(=C(/[O-])c1ccc(C)c([N+](=O)[O-])c1)[n+]1ccccc1. The maximum Gasteiger partial charge on any atom is 0.272 e. The molecule has 6 nitrogen and oxygen atoms in total. The molecule has 0 spiro atoms. The first-order valence-electron chi connectivity index (χ1n) is 7.48. The minimum Gasteiger partial charge on any atom is -0.867 e. The first kappa shape index (κ1) is 18.3. The molecule has 0 saturated carbocycles. The molecule has 1 aromatic heterocycles. The number of aryl methyl sites for hydroxylation is 1. The maximum atomic E-state index is 13.0. The van der Waals surface area contributed by atoms with Crippen molar-refractivity contribution in [2.45, 2.75) is 6.92 Å². The zero-order valence-corrected chi connectivity index (χ0v) is 14.5. The maximum absolute atomic E-state index is 13.0. The van der Waals surface area contributed by atoms with Crippen molar-refractivity contribution >= 4 is 34.3 Å². The van der Waals surface area contributed by atoms with Crippen LogP contribution in [0, 0.1) is 17.0 Å². The normalized spacial score (nSPS) is 11.4. The van der Waals surface area contributed by atoms with Gasteiger partial charge in [0.15, 0.2) is 17.4 Å². The Labute approximate surface area is 150 Å². The molecule has 0 radical (unpaired) electrons. The van der Waals surface area contributed by atoms with Crippen LogP contribution >= 0.6 is 12.2 Å². The van der Waals surface area contributed by atoms with E-state index in [2.05, 4.69) is 11.9 Å². The Morgan fingerprint density at radius 1 is 1.36 bits per heavy atom. The molecule has 0 aliphatic heterocycles. The molecule has 0 unspecified atom stereocenters. The van der Waals surface area contributed by atoms with Crippen LogP contribution in [-0.2, 0) is 0 Å². The van der Waals surface area contributed by atoms with Gasteiger partial charge in [0.1, 0.15) is 0 Å². The van der Waals surface area contributed by atoms with Gasteiger partial charge in [-0.3, -0.25) is 10.1 Å². The van der Waals surface area contributed by atoms with Crippen LogP contribution < -0.4 is 15.0 Å². The van der Waals surface area contributed by atoms with Gasteiger partial charge in [-0.2, -0.15) is 4.57 Å². The predicted molar refractivity (Wildman–Crippen MR) is 98.4 cm³/mol. The summed E-state index contributed by atoms with van der Waals surface area (Å²) in [4.78, 5) is 10.9. The highest BCUT2D eigenvalue weighted by Crippen LogP contribution is 2.23. The highest BCUT2D eigenvalue weighted by molar-refractivity contribution is 7.81. The summed E-state index contributed by atoms with van der Waals surface area (Å²) in [5.74, 6) is -0.402. The summed E-state index contributed by atoms with van der Waals surface area (Å²) in [6.45, 7) is 5.63. The van der Waals surface area contributed by atoms with Gasteiger partial charge in [0.05, 0.1) is 4.92 Å². The Hall–Kier alpha value is -3.06. The standard InChI is InChI=1S/C18H17N3O3S/c1-3-9-19-18(25)16(20-10-5-4-6-11-20)17(22)14-8-7-13(2)15(12-14)21(23)24/h3-8,10-12H,1,9H2,2H3,(H-,19,22,25). The van der Waals surface area contributed by atoms with Gasteiger partial charge in [-0.15, -0.1) is 6.58 Å². The number of aromatic nitrogens is 1. The summed E-state index contributed by atoms with van der Waals surface area (Å²) in [5.41, 5.74) is 0.804. The van der Waals surface area contributed by atoms with Crippen molar-refractivity contribution in [1.82, 2.24) is 5.32 Å². The van der Waals surface area contributed by atoms with E-state index in [0.29, 0.717) is 12.1 Å². The summed E-state index contributed by atoms with van der Waals surface area (Å²) in [7, 11) is 0. The Morgan fingerprint density at radius 2 is 2.04 bits per heavy atom. The molecule has 1 heterocycles. The minimum absolute atomic E-state index is 0.103. The van der Waals surface area contributed by atoms with Crippen LogP contribution in [0.1, 0.15) is 11.1 Å². The van der Waals surface area contributed by atoms with Crippen LogP contribution in [0.2, 0.25) is 0 Å². The van der Waals surface area contributed by atoms with Crippen LogP contribution in [0.5, 0.6) is 0 Å². The third kappa shape index (κ3) is 4.27. The van der Waals surface area contributed by atoms with Gasteiger partial charge >= 0.3 is 0 Å². The number of hydrogen-bond acceptors (Lipinski definition) is 4.